The van der Waals surface area contributed by atoms with Crippen LogP contribution in [0, 0.1) is 5.41 Å². The third kappa shape index (κ3) is 5.27. The van der Waals surface area contributed by atoms with Gasteiger partial charge in [0.15, 0.2) is 0 Å². The normalized spacial score (nSPS) is 11.3. The molecule has 5 heteroatoms. The van der Waals surface area contributed by atoms with Crippen molar-refractivity contribution in [1.29, 1.82) is 0 Å². The van der Waals surface area contributed by atoms with Crippen LogP contribution in [0.4, 0.5) is 11.4 Å². The van der Waals surface area contributed by atoms with Crippen molar-refractivity contribution in [2.75, 3.05) is 37.9 Å². The lowest BCUT2D eigenvalue weighted by atomic mass is 9.88. The number of carbonyl (C=O) groups excluding carboxylic acids is 1. The van der Waals surface area contributed by atoms with Crippen molar-refractivity contribution in [1.82, 2.24) is 5.32 Å². The second-order valence-corrected chi connectivity index (χ2v) is 6.35. The molecule has 1 amide bonds. The summed E-state index contributed by atoms with van der Waals surface area (Å²) < 4.78 is 0. The Morgan fingerprint density at radius 3 is 2.62 bits per heavy atom. The van der Waals surface area contributed by atoms with Crippen LogP contribution in [0.5, 0.6) is 0 Å². The van der Waals surface area contributed by atoms with E-state index in [9.17, 15) is 4.79 Å². The quantitative estimate of drug-likeness (QED) is 0.671. The SMILES string of the molecule is CN(C)c1ccc(N)cc1C(=O)NCC(C)(C)CCCO. The molecule has 21 heavy (non-hydrogen) atoms. The van der Waals surface area contributed by atoms with Gasteiger partial charge < -0.3 is 21.1 Å². The van der Waals surface area contributed by atoms with Gasteiger partial charge in [-0.1, -0.05) is 13.8 Å². The minimum absolute atomic E-state index is 0.0446. The van der Waals surface area contributed by atoms with Gasteiger partial charge in [0, 0.05) is 38.6 Å². The number of hydrogen-bond donors (Lipinski definition) is 3. The van der Waals surface area contributed by atoms with Crippen molar-refractivity contribution >= 4 is 17.3 Å². The molecule has 0 aromatic heterocycles. The Kier molecular flexibility index (Phi) is 6.03. The van der Waals surface area contributed by atoms with Crippen LogP contribution in [0.1, 0.15) is 37.0 Å². The van der Waals surface area contributed by atoms with Crippen molar-refractivity contribution in [3.8, 4) is 0 Å². The van der Waals surface area contributed by atoms with E-state index < -0.39 is 0 Å². The summed E-state index contributed by atoms with van der Waals surface area (Å²) in [5, 5.41) is 11.9. The number of nitrogen functional groups attached to an aromatic ring is 1. The van der Waals surface area contributed by atoms with Gasteiger partial charge in [0.2, 0.25) is 0 Å². The molecule has 5 nitrogen and oxygen atoms in total. The number of anilines is 2. The molecule has 0 atom stereocenters. The first-order valence-corrected chi connectivity index (χ1v) is 7.23. The number of benzene rings is 1. The standard InChI is InChI=1S/C16H27N3O2/c1-16(2,8-5-9-20)11-18-15(21)13-10-12(17)6-7-14(13)19(3)4/h6-7,10,20H,5,8-9,11,17H2,1-4H3,(H,18,21). The smallest absolute Gasteiger partial charge is 0.253 e. The van der Waals surface area contributed by atoms with E-state index in [2.05, 4.69) is 19.2 Å². The Bertz CT molecular complexity index is 484. The van der Waals surface area contributed by atoms with Gasteiger partial charge in [-0.15, -0.1) is 0 Å². The topological polar surface area (TPSA) is 78.6 Å². The third-order valence-corrected chi connectivity index (χ3v) is 3.49. The third-order valence-electron chi connectivity index (χ3n) is 3.49. The molecule has 0 saturated heterocycles. The van der Waals surface area contributed by atoms with Gasteiger partial charge in [-0.2, -0.15) is 0 Å². The molecule has 0 radical (unpaired) electrons. The maximum absolute atomic E-state index is 12.4. The van der Waals surface area contributed by atoms with Gasteiger partial charge in [-0.3, -0.25) is 4.79 Å². The summed E-state index contributed by atoms with van der Waals surface area (Å²) in [6.07, 6.45) is 1.60. The molecule has 0 aliphatic heterocycles. The molecule has 0 unspecified atom stereocenters. The van der Waals surface area contributed by atoms with E-state index in [1.807, 2.05) is 25.1 Å². The Hall–Kier alpha value is -1.75. The summed E-state index contributed by atoms with van der Waals surface area (Å²) in [6, 6.07) is 5.34. The second kappa shape index (κ2) is 7.31. The number of carbonyl (C=O) groups is 1. The lowest BCUT2D eigenvalue weighted by Crippen LogP contribution is -2.34. The fraction of sp³-hybridized carbons (Fsp3) is 0.562. The van der Waals surface area contributed by atoms with Gasteiger partial charge in [0.05, 0.1) is 5.56 Å². The zero-order valence-corrected chi connectivity index (χ0v) is 13.4. The predicted molar refractivity (Wildman–Crippen MR) is 87.6 cm³/mol. The second-order valence-electron chi connectivity index (χ2n) is 6.35. The predicted octanol–water partition coefficient (Wildman–Crippen LogP) is 1.86. The minimum atomic E-state index is -0.122. The molecule has 4 N–H and O–H groups in total. The Morgan fingerprint density at radius 1 is 1.38 bits per heavy atom. The van der Waals surface area contributed by atoms with Crippen molar-refractivity contribution in [2.45, 2.75) is 26.7 Å². The fourth-order valence-electron chi connectivity index (χ4n) is 2.19. The van der Waals surface area contributed by atoms with E-state index in [0.717, 1.165) is 18.5 Å². The summed E-state index contributed by atoms with van der Waals surface area (Å²) in [5.74, 6) is -0.122. The Morgan fingerprint density at radius 2 is 2.05 bits per heavy atom. The minimum Gasteiger partial charge on any atom is -0.399 e. The molecule has 118 valence electrons. The van der Waals surface area contributed by atoms with E-state index in [1.165, 1.54) is 0 Å². The highest BCUT2D eigenvalue weighted by molar-refractivity contribution is 6.00. The molecular weight excluding hydrogens is 266 g/mol. The monoisotopic (exact) mass is 293 g/mol. The Balaban J connectivity index is 2.78. The number of rotatable bonds is 7. The molecule has 0 heterocycles. The highest BCUT2D eigenvalue weighted by Gasteiger charge is 2.20. The average molecular weight is 293 g/mol. The lowest BCUT2D eigenvalue weighted by Gasteiger charge is -2.25. The van der Waals surface area contributed by atoms with E-state index in [1.54, 1.807) is 12.1 Å². The van der Waals surface area contributed by atoms with Gasteiger partial charge in [-0.25, -0.2) is 0 Å². The maximum Gasteiger partial charge on any atom is 0.253 e. The van der Waals surface area contributed by atoms with Crippen LogP contribution in [0.2, 0.25) is 0 Å². The van der Waals surface area contributed by atoms with Crippen LogP contribution in [0.3, 0.4) is 0 Å². The largest absolute Gasteiger partial charge is 0.399 e. The average Bonchev–Trinajstić information content (AvgIpc) is 2.42. The lowest BCUT2D eigenvalue weighted by molar-refractivity contribution is 0.0933. The molecule has 1 aromatic carbocycles. The first-order valence-electron chi connectivity index (χ1n) is 7.23. The first kappa shape index (κ1) is 17.3. The van der Waals surface area contributed by atoms with Crippen LogP contribution < -0.4 is 16.0 Å². The highest BCUT2D eigenvalue weighted by atomic mass is 16.2. The van der Waals surface area contributed by atoms with E-state index in [0.29, 0.717) is 17.8 Å². The van der Waals surface area contributed by atoms with E-state index in [4.69, 9.17) is 10.8 Å². The fourth-order valence-corrected chi connectivity index (χ4v) is 2.19. The van der Waals surface area contributed by atoms with Crippen molar-refractivity contribution in [2.24, 2.45) is 5.41 Å². The summed E-state index contributed by atoms with van der Waals surface area (Å²) in [5.41, 5.74) is 7.74. The highest BCUT2D eigenvalue weighted by Crippen LogP contribution is 2.23. The number of nitrogens with two attached hydrogens (primary N) is 1. The molecule has 0 bridgehead atoms. The van der Waals surface area contributed by atoms with Gasteiger partial charge in [0.25, 0.3) is 5.91 Å². The number of amides is 1. The molecule has 0 saturated carbocycles. The van der Waals surface area contributed by atoms with Gasteiger partial charge >= 0.3 is 0 Å². The Labute approximate surface area is 127 Å². The maximum atomic E-state index is 12.4. The van der Waals surface area contributed by atoms with Crippen LogP contribution >= 0.6 is 0 Å². The van der Waals surface area contributed by atoms with Crippen LogP contribution in [-0.4, -0.2) is 38.3 Å². The molecule has 0 aliphatic rings. The van der Waals surface area contributed by atoms with Gasteiger partial charge in [-0.05, 0) is 36.5 Å². The summed E-state index contributed by atoms with van der Waals surface area (Å²) in [6.45, 7) is 4.90. The molecule has 0 fully saturated rings. The summed E-state index contributed by atoms with van der Waals surface area (Å²) >= 11 is 0. The molecular formula is C16H27N3O2. The van der Waals surface area contributed by atoms with Crippen molar-refractivity contribution < 1.29 is 9.90 Å². The molecule has 1 rings (SSSR count). The number of aliphatic hydroxyl groups excluding tert-OH is 1. The number of nitrogens with zero attached hydrogens (tertiary/aromatic N) is 1. The number of aliphatic hydroxyl groups is 1. The van der Waals surface area contributed by atoms with E-state index in [-0.39, 0.29) is 17.9 Å². The zero-order valence-electron chi connectivity index (χ0n) is 13.4. The van der Waals surface area contributed by atoms with Crippen molar-refractivity contribution in [3.63, 3.8) is 0 Å². The van der Waals surface area contributed by atoms with E-state index >= 15 is 0 Å². The first-order chi connectivity index (χ1) is 9.76. The summed E-state index contributed by atoms with van der Waals surface area (Å²) in [7, 11) is 3.79. The number of nitrogens with one attached hydrogen (secondary N) is 1. The van der Waals surface area contributed by atoms with Gasteiger partial charge in [0.1, 0.15) is 0 Å². The van der Waals surface area contributed by atoms with Crippen LogP contribution in [0.25, 0.3) is 0 Å². The molecule has 1 aromatic rings. The van der Waals surface area contributed by atoms with Crippen molar-refractivity contribution in [3.05, 3.63) is 23.8 Å². The zero-order chi connectivity index (χ0) is 16.0. The molecule has 0 aliphatic carbocycles. The summed E-state index contributed by atoms with van der Waals surface area (Å²) in [4.78, 5) is 14.3. The van der Waals surface area contributed by atoms with Crippen LogP contribution in [0.15, 0.2) is 18.2 Å². The molecule has 0 spiro atoms. The van der Waals surface area contributed by atoms with Crippen LogP contribution in [-0.2, 0) is 0 Å². The number of hydrogen-bond acceptors (Lipinski definition) is 4.